The van der Waals surface area contributed by atoms with Crippen molar-refractivity contribution < 1.29 is 5.11 Å². The molecule has 1 aromatic carbocycles. The summed E-state index contributed by atoms with van der Waals surface area (Å²) in [5.41, 5.74) is 8.25. The second-order valence-corrected chi connectivity index (χ2v) is 5.30. The molecule has 3 rings (SSSR count). The predicted octanol–water partition coefficient (Wildman–Crippen LogP) is 2.32. The molecule has 0 bridgehead atoms. The molecule has 0 unspecified atom stereocenters. The number of rotatable bonds is 1. The van der Waals surface area contributed by atoms with E-state index in [-0.39, 0.29) is 11.6 Å². The van der Waals surface area contributed by atoms with Crippen LogP contribution in [0.25, 0.3) is 10.9 Å². The third-order valence-corrected chi connectivity index (χ3v) is 4.01. The van der Waals surface area contributed by atoms with Crippen LogP contribution < -0.4 is 5.73 Å². The van der Waals surface area contributed by atoms with Crippen LogP contribution in [0.3, 0.4) is 0 Å². The highest BCUT2D eigenvalue weighted by Crippen LogP contribution is 2.35. The largest absolute Gasteiger partial charge is 0.393 e. The zero-order valence-electron chi connectivity index (χ0n) is 10.3. The van der Waals surface area contributed by atoms with Crippen LogP contribution in [0.4, 0.5) is 0 Å². The van der Waals surface area contributed by atoms with E-state index in [1.165, 1.54) is 0 Å². The van der Waals surface area contributed by atoms with Crippen molar-refractivity contribution in [2.24, 2.45) is 5.73 Å². The van der Waals surface area contributed by atoms with Gasteiger partial charge < -0.3 is 10.8 Å². The summed E-state index contributed by atoms with van der Waals surface area (Å²) in [4.78, 5) is 4.48. The molecule has 3 heteroatoms. The molecule has 2 aromatic rings. The van der Waals surface area contributed by atoms with E-state index in [0.717, 1.165) is 42.1 Å². The summed E-state index contributed by atoms with van der Waals surface area (Å²) in [6, 6.07) is 10.2. The van der Waals surface area contributed by atoms with Crippen LogP contribution in [0.15, 0.2) is 36.5 Å². The second kappa shape index (κ2) is 4.34. The van der Waals surface area contributed by atoms with Gasteiger partial charge in [-0.2, -0.15) is 0 Å². The SMILES string of the molecule is NC1(c2cnc3ccccc3c2)CCC(O)CC1. The number of fused-ring (bicyclic) bond motifs is 1. The fraction of sp³-hybridized carbons (Fsp3) is 0.400. The highest BCUT2D eigenvalue weighted by molar-refractivity contribution is 5.79. The van der Waals surface area contributed by atoms with Gasteiger partial charge in [0, 0.05) is 17.1 Å². The van der Waals surface area contributed by atoms with Crippen molar-refractivity contribution in [3.8, 4) is 0 Å². The Morgan fingerprint density at radius 1 is 1.22 bits per heavy atom. The summed E-state index contributed by atoms with van der Waals surface area (Å²) in [7, 11) is 0. The fourth-order valence-electron chi connectivity index (χ4n) is 2.75. The topological polar surface area (TPSA) is 59.1 Å². The maximum Gasteiger partial charge on any atom is 0.0702 e. The van der Waals surface area contributed by atoms with Gasteiger partial charge in [0.15, 0.2) is 0 Å². The van der Waals surface area contributed by atoms with Gasteiger partial charge >= 0.3 is 0 Å². The standard InChI is InChI=1S/C15H18N2O/c16-15(7-5-13(18)6-8-15)12-9-11-3-1-2-4-14(11)17-10-12/h1-4,9-10,13,18H,5-8,16H2. The van der Waals surface area contributed by atoms with Crippen molar-refractivity contribution in [1.82, 2.24) is 4.98 Å². The average Bonchev–Trinajstić information content (AvgIpc) is 2.42. The minimum absolute atomic E-state index is 0.185. The molecule has 0 atom stereocenters. The number of benzene rings is 1. The first-order valence-electron chi connectivity index (χ1n) is 6.50. The number of aromatic nitrogens is 1. The molecule has 1 aliphatic rings. The summed E-state index contributed by atoms with van der Waals surface area (Å²) < 4.78 is 0. The molecule has 1 saturated carbocycles. The summed E-state index contributed by atoms with van der Waals surface area (Å²) >= 11 is 0. The van der Waals surface area contributed by atoms with Gasteiger partial charge in [-0.25, -0.2) is 0 Å². The van der Waals surface area contributed by atoms with Crippen LogP contribution in [-0.2, 0) is 5.54 Å². The Morgan fingerprint density at radius 3 is 2.72 bits per heavy atom. The quantitative estimate of drug-likeness (QED) is 0.806. The molecule has 0 aliphatic heterocycles. The molecule has 18 heavy (non-hydrogen) atoms. The Hall–Kier alpha value is -1.45. The Kier molecular flexibility index (Phi) is 2.80. The molecular weight excluding hydrogens is 224 g/mol. The highest BCUT2D eigenvalue weighted by atomic mass is 16.3. The van der Waals surface area contributed by atoms with Gasteiger partial charge in [0.2, 0.25) is 0 Å². The molecule has 0 spiro atoms. The predicted molar refractivity (Wildman–Crippen MR) is 72.1 cm³/mol. The van der Waals surface area contributed by atoms with E-state index in [1.54, 1.807) is 0 Å². The minimum atomic E-state index is -0.323. The summed E-state index contributed by atoms with van der Waals surface area (Å²) in [6.45, 7) is 0. The lowest BCUT2D eigenvalue weighted by atomic mass is 9.77. The zero-order chi connectivity index (χ0) is 12.6. The Bertz CT molecular complexity index is 559. The van der Waals surface area contributed by atoms with Crippen molar-refractivity contribution in [3.63, 3.8) is 0 Å². The Morgan fingerprint density at radius 2 is 1.94 bits per heavy atom. The minimum Gasteiger partial charge on any atom is -0.393 e. The van der Waals surface area contributed by atoms with Crippen LogP contribution in [-0.4, -0.2) is 16.2 Å². The number of aliphatic hydroxyl groups is 1. The molecule has 0 radical (unpaired) electrons. The average molecular weight is 242 g/mol. The maximum absolute atomic E-state index is 9.59. The monoisotopic (exact) mass is 242 g/mol. The van der Waals surface area contributed by atoms with E-state index < -0.39 is 0 Å². The first-order valence-corrected chi connectivity index (χ1v) is 6.50. The third-order valence-electron chi connectivity index (χ3n) is 4.01. The smallest absolute Gasteiger partial charge is 0.0702 e. The van der Waals surface area contributed by atoms with Gasteiger partial charge in [0.1, 0.15) is 0 Å². The van der Waals surface area contributed by atoms with Crippen molar-refractivity contribution in [2.45, 2.75) is 37.3 Å². The number of nitrogens with two attached hydrogens (primary N) is 1. The van der Waals surface area contributed by atoms with Crippen molar-refractivity contribution in [1.29, 1.82) is 0 Å². The Balaban J connectivity index is 1.98. The molecule has 94 valence electrons. The lowest BCUT2D eigenvalue weighted by Crippen LogP contribution is -2.41. The number of hydrogen-bond acceptors (Lipinski definition) is 3. The van der Waals surface area contributed by atoms with Crippen molar-refractivity contribution in [2.75, 3.05) is 0 Å². The van der Waals surface area contributed by atoms with E-state index in [4.69, 9.17) is 5.73 Å². The highest BCUT2D eigenvalue weighted by Gasteiger charge is 2.32. The first kappa shape index (κ1) is 11.6. The molecule has 1 fully saturated rings. The van der Waals surface area contributed by atoms with Gasteiger partial charge in [0.05, 0.1) is 11.6 Å². The van der Waals surface area contributed by atoms with Crippen LogP contribution in [0, 0.1) is 0 Å². The number of aliphatic hydroxyl groups excluding tert-OH is 1. The summed E-state index contributed by atoms with van der Waals surface area (Å²) in [5, 5.41) is 10.7. The first-order chi connectivity index (χ1) is 8.67. The molecular formula is C15H18N2O. The lowest BCUT2D eigenvalue weighted by molar-refractivity contribution is 0.0968. The van der Waals surface area contributed by atoms with Crippen LogP contribution >= 0.6 is 0 Å². The van der Waals surface area contributed by atoms with E-state index in [0.29, 0.717) is 0 Å². The molecule has 0 amide bonds. The zero-order valence-corrected chi connectivity index (χ0v) is 10.3. The molecule has 1 heterocycles. The molecule has 0 saturated heterocycles. The number of para-hydroxylation sites is 1. The van der Waals surface area contributed by atoms with Crippen molar-refractivity contribution in [3.05, 3.63) is 42.1 Å². The fourth-order valence-corrected chi connectivity index (χ4v) is 2.75. The van der Waals surface area contributed by atoms with E-state index >= 15 is 0 Å². The molecule has 1 aliphatic carbocycles. The summed E-state index contributed by atoms with van der Waals surface area (Å²) in [5.74, 6) is 0. The third kappa shape index (κ3) is 2.00. The van der Waals surface area contributed by atoms with Crippen molar-refractivity contribution >= 4 is 10.9 Å². The maximum atomic E-state index is 9.59. The van der Waals surface area contributed by atoms with E-state index in [9.17, 15) is 5.11 Å². The van der Waals surface area contributed by atoms with Gasteiger partial charge in [-0.05, 0) is 43.4 Å². The van der Waals surface area contributed by atoms with Crippen LogP contribution in [0.5, 0.6) is 0 Å². The van der Waals surface area contributed by atoms with Gasteiger partial charge in [-0.3, -0.25) is 4.98 Å². The van der Waals surface area contributed by atoms with Crippen LogP contribution in [0.1, 0.15) is 31.2 Å². The number of hydrogen-bond donors (Lipinski definition) is 2. The van der Waals surface area contributed by atoms with Gasteiger partial charge in [-0.1, -0.05) is 18.2 Å². The molecule has 3 N–H and O–H groups in total. The molecule has 1 aromatic heterocycles. The summed E-state index contributed by atoms with van der Waals surface area (Å²) in [6.07, 6.45) is 4.92. The van der Waals surface area contributed by atoms with E-state index in [2.05, 4.69) is 17.1 Å². The number of nitrogens with zero attached hydrogens (tertiary/aromatic N) is 1. The Labute approximate surface area is 107 Å². The lowest BCUT2D eigenvalue weighted by Gasteiger charge is -2.35. The van der Waals surface area contributed by atoms with Crippen LogP contribution in [0.2, 0.25) is 0 Å². The molecule has 3 nitrogen and oxygen atoms in total. The number of pyridine rings is 1. The van der Waals surface area contributed by atoms with Gasteiger partial charge in [-0.15, -0.1) is 0 Å². The normalized spacial score (nSPS) is 28.4. The van der Waals surface area contributed by atoms with Gasteiger partial charge in [0.25, 0.3) is 0 Å². The van der Waals surface area contributed by atoms with E-state index in [1.807, 2.05) is 24.4 Å². The second-order valence-electron chi connectivity index (χ2n) is 5.30.